The Kier molecular flexibility index (Phi) is 4.36. The average Bonchev–Trinajstić information content (AvgIpc) is 2.32. The van der Waals surface area contributed by atoms with Crippen molar-refractivity contribution in [3.05, 3.63) is 57.3 Å². The first-order valence-electron chi connectivity index (χ1n) is 5.51. The average molecular weight is 379 g/mol. The predicted octanol–water partition coefficient (Wildman–Crippen LogP) is 3.80. The van der Waals surface area contributed by atoms with Crippen LogP contribution in [0, 0.1) is 5.82 Å². The van der Waals surface area contributed by atoms with Gasteiger partial charge in [-0.3, -0.25) is 0 Å². The maximum Gasteiger partial charge on any atom is 0.184 e. The van der Waals surface area contributed by atoms with Gasteiger partial charge in [0, 0.05) is 9.50 Å². The van der Waals surface area contributed by atoms with E-state index < -0.39 is 15.7 Å². The number of nitrogen functional groups attached to an aromatic ring is 1. The van der Waals surface area contributed by atoms with E-state index in [9.17, 15) is 12.8 Å². The molecular weight excluding hydrogens is 369 g/mol. The molecule has 0 aromatic heterocycles. The van der Waals surface area contributed by atoms with E-state index >= 15 is 0 Å². The summed E-state index contributed by atoms with van der Waals surface area (Å²) in [5.41, 5.74) is 6.20. The standard InChI is InChI=1S/C13H10BrClFNO2S/c14-9-2-4-13(12(17)5-9)20(18,19)7-8-1-3-10(16)6-11(8)15/h1-6H,7,17H2. The van der Waals surface area contributed by atoms with Gasteiger partial charge in [0.15, 0.2) is 9.84 Å². The first-order chi connectivity index (χ1) is 9.29. The molecule has 2 aromatic rings. The lowest BCUT2D eigenvalue weighted by atomic mass is 10.2. The van der Waals surface area contributed by atoms with E-state index in [1.807, 2.05) is 0 Å². The second-order valence-corrected chi connectivity index (χ2v) is 7.46. The van der Waals surface area contributed by atoms with Crippen LogP contribution in [0.15, 0.2) is 45.8 Å². The number of sulfone groups is 1. The van der Waals surface area contributed by atoms with Gasteiger partial charge < -0.3 is 5.73 Å². The minimum Gasteiger partial charge on any atom is -0.398 e. The summed E-state index contributed by atoms with van der Waals surface area (Å²) < 4.78 is 38.3. The minimum atomic E-state index is -3.65. The topological polar surface area (TPSA) is 60.2 Å². The highest BCUT2D eigenvalue weighted by molar-refractivity contribution is 9.10. The van der Waals surface area contributed by atoms with E-state index in [0.717, 1.165) is 6.07 Å². The highest BCUT2D eigenvalue weighted by Gasteiger charge is 2.20. The van der Waals surface area contributed by atoms with E-state index in [2.05, 4.69) is 15.9 Å². The van der Waals surface area contributed by atoms with Crippen LogP contribution >= 0.6 is 27.5 Å². The third-order valence-electron chi connectivity index (χ3n) is 2.67. The summed E-state index contributed by atoms with van der Waals surface area (Å²) in [5, 5.41) is 0.0734. The van der Waals surface area contributed by atoms with Crippen LogP contribution in [0.5, 0.6) is 0 Å². The SMILES string of the molecule is Nc1cc(Br)ccc1S(=O)(=O)Cc1ccc(F)cc1Cl. The summed E-state index contributed by atoms with van der Waals surface area (Å²) in [6, 6.07) is 8.13. The fourth-order valence-corrected chi connectivity index (χ4v) is 3.93. The Morgan fingerprint density at radius 1 is 1.20 bits per heavy atom. The molecule has 2 rings (SSSR count). The smallest absolute Gasteiger partial charge is 0.184 e. The molecule has 0 saturated carbocycles. The summed E-state index contributed by atoms with van der Waals surface area (Å²) in [6.07, 6.45) is 0. The van der Waals surface area contributed by atoms with Crippen molar-refractivity contribution in [3.8, 4) is 0 Å². The highest BCUT2D eigenvalue weighted by atomic mass is 79.9. The number of benzene rings is 2. The molecule has 20 heavy (non-hydrogen) atoms. The van der Waals surface area contributed by atoms with Crippen molar-refractivity contribution >= 4 is 43.1 Å². The third-order valence-corrected chi connectivity index (χ3v) is 5.25. The Balaban J connectivity index is 2.41. The van der Waals surface area contributed by atoms with E-state index in [4.69, 9.17) is 17.3 Å². The van der Waals surface area contributed by atoms with Crippen molar-refractivity contribution in [2.75, 3.05) is 5.73 Å². The molecule has 0 aliphatic carbocycles. The quantitative estimate of drug-likeness (QED) is 0.827. The molecule has 2 N–H and O–H groups in total. The molecule has 0 atom stereocenters. The van der Waals surface area contributed by atoms with Crippen LogP contribution < -0.4 is 5.73 Å². The Morgan fingerprint density at radius 2 is 1.90 bits per heavy atom. The number of nitrogens with two attached hydrogens (primary N) is 1. The minimum absolute atomic E-state index is 0.0288. The van der Waals surface area contributed by atoms with Crippen molar-refractivity contribution in [2.45, 2.75) is 10.6 Å². The number of halogens is 3. The van der Waals surface area contributed by atoms with Gasteiger partial charge in [0.2, 0.25) is 0 Å². The van der Waals surface area contributed by atoms with Gasteiger partial charge in [0.05, 0.1) is 16.3 Å². The van der Waals surface area contributed by atoms with Gasteiger partial charge in [0.1, 0.15) is 5.82 Å². The molecule has 0 fully saturated rings. The molecular formula is C13H10BrClFNO2S. The summed E-state index contributed by atoms with van der Waals surface area (Å²) in [7, 11) is -3.65. The maximum absolute atomic E-state index is 13.0. The summed E-state index contributed by atoms with van der Waals surface area (Å²) in [6.45, 7) is 0. The lowest BCUT2D eigenvalue weighted by Crippen LogP contribution is -2.08. The van der Waals surface area contributed by atoms with Gasteiger partial charge >= 0.3 is 0 Å². The van der Waals surface area contributed by atoms with Gasteiger partial charge in [0.25, 0.3) is 0 Å². The lowest BCUT2D eigenvalue weighted by molar-refractivity contribution is 0.595. The lowest BCUT2D eigenvalue weighted by Gasteiger charge is -2.09. The second-order valence-electron chi connectivity index (χ2n) is 4.18. The fourth-order valence-electron chi connectivity index (χ4n) is 1.72. The van der Waals surface area contributed by atoms with Crippen molar-refractivity contribution < 1.29 is 12.8 Å². The Labute approximate surface area is 129 Å². The van der Waals surface area contributed by atoms with Crippen LogP contribution in [-0.2, 0) is 15.6 Å². The zero-order valence-electron chi connectivity index (χ0n) is 10.1. The molecule has 0 aliphatic heterocycles. The first-order valence-corrected chi connectivity index (χ1v) is 8.33. The highest BCUT2D eigenvalue weighted by Crippen LogP contribution is 2.28. The van der Waals surface area contributed by atoms with E-state index in [-0.39, 0.29) is 21.4 Å². The summed E-state index contributed by atoms with van der Waals surface area (Å²) >= 11 is 9.06. The molecule has 2 aromatic carbocycles. The predicted molar refractivity (Wildman–Crippen MR) is 80.9 cm³/mol. The van der Waals surface area contributed by atoms with Gasteiger partial charge in [-0.25, -0.2) is 12.8 Å². The number of hydrogen-bond acceptors (Lipinski definition) is 3. The fraction of sp³-hybridized carbons (Fsp3) is 0.0769. The van der Waals surface area contributed by atoms with Crippen molar-refractivity contribution in [3.63, 3.8) is 0 Å². The molecule has 0 radical (unpaired) electrons. The zero-order chi connectivity index (χ0) is 14.9. The van der Waals surface area contributed by atoms with Crippen LogP contribution in [0.2, 0.25) is 5.02 Å². The molecule has 0 bridgehead atoms. The van der Waals surface area contributed by atoms with Crippen LogP contribution in [-0.4, -0.2) is 8.42 Å². The van der Waals surface area contributed by atoms with E-state index in [1.54, 1.807) is 6.07 Å². The molecule has 0 amide bonds. The molecule has 0 saturated heterocycles. The first kappa shape index (κ1) is 15.3. The molecule has 0 aliphatic rings. The second kappa shape index (κ2) is 5.71. The number of hydrogen-bond donors (Lipinski definition) is 1. The Bertz CT molecular complexity index is 765. The third kappa shape index (κ3) is 3.31. The van der Waals surface area contributed by atoms with Gasteiger partial charge in [-0.15, -0.1) is 0 Å². The largest absolute Gasteiger partial charge is 0.398 e. The van der Waals surface area contributed by atoms with Crippen LogP contribution in [0.4, 0.5) is 10.1 Å². The van der Waals surface area contributed by atoms with Crippen LogP contribution in [0.3, 0.4) is 0 Å². The summed E-state index contributed by atoms with van der Waals surface area (Å²) in [4.78, 5) is 0.0288. The van der Waals surface area contributed by atoms with Gasteiger partial charge in [-0.05, 0) is 35.9 Å². The van der Waals surface area contributed by atoms with E-state index in [1.165, 1.54) is 24.3 Å². The molecule has 0 spiro atoms. The van der Waals surface area contributed by atoms with Crippen molar-refractivity contribution in [2.24, 2.45) is 0 Å². The molecule has 0 heterocycles. The van der Waals surface area contributed by atoms with Gasteiger partial charge in [-0.2, -0.15) is 0 Å². The Hall–Kier alpha value is -1.11. The zero-order valence-corrected chi connectivity index (χ0v) is 13.3. The van der Waals surface area contributed by atoms with Crippen LogP contribution in [0.1, 0.15) is 5.56 Å². The summed E-state index contributed by atoms with van der Waals surface area (Å²) in [5.74, 6) is -0.850. The van der Waals surface area contributed by atoms with Crippen molar-refractivity contribution in [1.82, 2.24) is 0 Å². The maximum atomic E-state index is 13.0. The van der Waals surface area contributed by atoms with Crippen LogP contribution in [0.25, 0.3) is 0 Å². The monoisotopic (exact) mass is 377 g/mol. The van der Waals surface area contributed by atoms with Gasteiger partial charge in [-0.1, -0.05) is 33.6 Å². The number of anilines is 1. The van der Waals surface area contributed by atoms with Crippen molar-refractivity contribution in [1.29, 1.82) is 0 Å². The Morgan fingerprint density at radius 3 is 2.50 bits per heavy atom. The molecule has 0 unspecified atom stereocenters. The van der Waals surface area contributed by atoms with E-state index in [0.29, 0.717) is 10.0 Å². The number of rotatable bonds is 3. The molecule has 106 valence electrons. The molecule has 7 heteroatoms. The molecule has 3 nitrogen and oxygen atoms in total. The normalized spacial score (nSPS) is 11.6.